The molecule has 0 atom stereocenters. The standard InChI is InChI=1S/C14H15N3O2/c1-2-19-14(18)12-8-10(15)9-16-13(12)17-11-6-4-3-5-7-11/h3-9H,2,15H2,1H3,(H,16,17). The Balaban J connectivity index is 2.32. The molecule has 0 aliphatic carbocycles. The Morgan fingerprint density at radius 2 is 2.11 bits per heavy atom. The maximum Gasteiger partial charge on any atom is 0.341 e. The fourth-order valence-corrected chi connectivity index (χ4v) is 1.60. The monoisotopic (exact) mass is 257 g/mol. The fraction of sp³-hybridized carbons (Fsp3) is 0.143. The number of nitrogens with two attached hydrogens (primary N) is 1. The number of hydrogen-bond donors (Lipinski definition) is 2. The Morgan fingerprint density at radius 3 is 2.79 bits per heavy atom. The first-order valence-electron chi connectivity index (χ1n) is 5.95. The summed E-state index contributed by atoms with van der Waals surface area (Å²) >= 11 is 0. The van der Waals surface area contributed by atoms with E-state index in [9.17, 15) is 4.79 Å². The van der Waals surface area contributed by atoms with Gasteiger partial charge in [-0.05, 0) is 25.1 Å². The molecule has 3 N–H and O–H groups in total. The minimum atomic E-state index is -0.444. The van der Waals surface area contributed by atoms with Crippen LogP contribution in [0.5, 0.6) is 0 Å². The molecule has 19 heavy (non-hydrogen) atoms. The van der Waals surface area contributed by atoms with Gasteiger partial charge >= 0.3 is 5.97 Å². The predicted molar refractivity (Wildman–Crippen MR) is 74.3 cm³/mol. The molecule has 0 radical (unpaired) electrons. The minimum absolute atomic E-state index is 0.304. The van der Waals surface area contributed by atoms with Crippen LogP contribution in [0.3, 0.4) is 0 Å². The molecule has 0 aliphatic rings. The number of nitrogens with zero attached hydrogens (tertiary/aromatic N) is 1. The molecular weight excluding hydrogens is 242 g/mol. The summed E-state index contributed by atoms with van der Waals surface area (Å²) in [5, 5.41) is 3.07. The maximum absolute atomic E-state index is 11.9. The summed E-state index contributed by atoms with van der Waals surface area (Å²) in [6.07, 6.45) is 1.49. The van der Waals surface area contributed by atoms with Gasteiger partial charge in [0.1, 0.15) is 11.4 Å². The highest BCUT2D eigenvalue weighted by Gasteiger charge is 2.14. The first-order valence-corrected chi connectivity index (χ1v) is 5.95. The number of hydrogen-bond acceptors (Lipinski definition) is 5. The van der Waals surface area contributed by atoms with E-state index in [1.807, 2.05) is 30.3 Å². The van der Waals surface area contributed by atoms with Crippen LogP contribution < -0.4 is 11.1 Å². The van der Waals surface area contributed by atoms with E-state index < -0.39 is 5.97 Å². The third-order valence-electron chi connectivity index (χ3n) is 2.44. The van der Waals surface area contributed by atoms with Gasteiger partial charge in [-0.15, -0.1) is 0 Å². The van der Waals surface area contributed by atoms with Crippen LogP contribution in [-0.2, 0) is 4.74 Å². The molecule has 0 spiro atoms. The number of nitrogen functional groups attached to an aromatic ring is 1. The molecule has 5 heteroatoms. The van der Waals surface area contributed by atoms with Crippen LogP contribution in [0.1, 0.15) is 17.3 Å². The van der Waals surface area contributed by atoms with E-state index in [4.69, 9.17) is 10.5 Å². The molecule has 0 aliphatic heterocycles. The van der Waals surface area contributed by atoms with Crippen molar-refractivity contribution in [3.8, 4) is 0 Å². The summed E-state index contributed by atoms with van der Waals surface area (Å²) in [5.41, 5.74) is 7.24. The zero-order valence-corrected chi connectivity index (χ0v) is 10.6. The lowest BCUT2D eigenvalue weighted by Crippen LogP contribution is -2.10. The van der Waals surface area contributed by atoms with Crippen molar-refractivity contribution in [2.45, 2.75) is 6.92 Å². The van der Waals surface area contributed by atoms with Crippen LogP contribution in [0.2, 0.25) is 0 Å². The second kappa shape index (κ2) is 5.86. The summed E-state index contributed by atoms with van der Waals surface area (Å²) in [7, 11) is 0. The lowest BCUT2D eigenvalue weighted by Gasteiger charge is -2.10. The van der Waals surface area contributed by atoms with E-state index in [0.717, 1.165) is 5.69 Å². The molecule has 98 valence electrons. The number of aromatic nitrogens is 1. The number of rotatable bonds is 4. The topological polar surface area (TPSA) is 77.2 Å². The third-order valence-corrected chi connectivity index (χ3v) is 2.44. The lowest BCUT2D eigenvalue weighted by molar-refractivity contribution is 0.0527. The second-order valence-corrected chi connectivity index (χ2v) is 3.88. The number of benzene rings is 1. The summed E-state index contributed by atoms with van der Waals surface area (Å²) in [6, 6.07) is 11.0. The van der Waals surface area contributed by atoms with Gasteiger partial charge in [-0.1, -0.05) is 18.2 Å². The van der Waals surface area contributed by atoms with Gasteiger partial charge in [0.15, 0.2) is 0 Å². The summed E-state index contributed by atoms with van der Waals surface area (Å²) in [5.74, 6) is -0.0143. The lowest BCUT2D eigenvalue weighted by atomic mass is 10.2. The molecule has 0 saturated heterocycles. The predicted octanol–water partition coefficient (Wildman–Crippen LogP) is 2.58. The molecule has 2 rings (SSSR count). The van der Waals surface area contributed by atoms with Crippen LogP contribution in [0, 0.1) is 0 Å². The number of ether oxygens (including phenoxy) is 1. The van der Waals surface area contributed by atoms with Crippen molar-refractivity contribution in [3.63, 3.8) is 0 Å². The molecule has 0 fully saturated rings. The van der Waals surface area contributed by atoms with Gasteiger partial charge in [-0.25, -0.2) is 9.78 Å². The Hall–Kier alpha value is -2.56. The van der Waals surface area contributed by atoms with Crippen LogP contribution in [0.4, 0.5) is 17.2 Å². The van der Waals surface area contributed by atoms with Crippen molar-refractivity contribution in [1.82, 2.24) is 4.98 Å². The Morgan fingerprint density at radius 1 is 1.37 bits per heavy atom. The van der Waals surface area contributed by atoms with E-state index in [1.54, 1.807) is 13.0 Å². The highest BCUT2D eigenvalue weighted by Crippen LogP contribution is 2.21. The first-order chi connectivity index (χ1) is 9.20. The number of anilines is 3. The van der Waals surface area contributed by atoms with Gasteiger partial charge in [-0.2, -0.15) is 0 Å². The van der Waals surface area contributed by atoms with Crippen LogP contribution in [0.15, 0.2) is 42.6 Å². The van der Waals surface area contributed by atoms with Gasteiger partial charge < -0.3 is 15.8 Å². The van der Waals surface area contributed by atoms with Crippen molar-refractivity contribution in [2.24, 2.45) is 0 Å². The van der Waals surface area contributed by atoms with Crippen LogP contribution >= 0.6 is 0 Å². The summed E-state index contributed by atoms with van der Waals surface area (Å²) in [4.78, 5) is 16.0. The van der Waals surface area contributed by atoms with Crippen LogP contribution in [0.25, 0.3) is 0 Å². The highest BCUT2D eigenvalue weighted by molar-refractivity contribution is 5.96. The first kappa shape index (κ1) is 12.9. The average molecular weight is 257 g/mol. The van der Waals surface area contributed by atoms with E-state index in [0.29, 0.717) is 23.7 Å². The van der Waals surface area contributed by atoms with E-state index >= 15 is 0 Å². The molecule has 0 saturated carbocycles. The molecule has 2 aromatic rings. The number of para-hydroxylation sites is 1. The highest BCUT2D eigenvalue weighted by atomic mass is 16.5. The molecule has 5 nitrogen and oxygen atoms in total. The van der Waals surface area contributed by atoms with Gasteiger partial charge in [0.25, 0.3) is 0 Å². The number of pyridine rings is 1. The van der Waals surface area contributed by atoms with Gasteiger partial charge in [0.2, 0.25) is 0 Å². The number of nitrogens with one attached hydrogen (secondary N) is 1. The van der Waals surface area contributed by atoms with Crippen molar-refractivity contribution in [2.75, 3.05) is 17.7 Å². The van der Waals surface area contributed by atoms with Gasteiger partial charge in [0.05, 0.1) is 18.5 Å². The molecule has 0 amide bonds. The number of carbonyl (C=O) groups excluding carboxylic acids is 1. The summed E-state index contributed by atoms with van der Waals surface area (Å²) in [6.45, 7) is 2.06. The molecule has 0 unspecified atom stereocenters. The Bertz CT molecular complexity index is 570. The van der Waals surface area contributed by atoms with Crippen molar-refractivity contribution < 1.29 is 9.53 Å². The number of esters is 1. The average Bonchev–Trinajstić information content (AvgIpc) is 2.42. The van der Waals surface area contributed by atoms with Crippen molar-refractivity contribution in [3.05, 3.63) is 48.2 Å². The molecule has 1 aromatic heterocycles. The molecular formula is C14H15N3O2. The molecule has 1 aromatic carbocycles. The largest absolute Gasteiger partial charge is 0.462 e. The third kappa shape index (κ3) is 3.22. The molecule has 1 heterocycles. The quantitative estimate of drug-likeness (QED) is 0.823. The smallest absolute Gasteiger partial charge is 0.341 e. The Kier molecular flexibility index (Phi) is 3.97. The van der Waals surface area contributed by atoms with Crippen LogP contribution in [-0.4, -0.2) is 17.6 Å². The normalized spacial score (nSPS) is 9.95. The number of carbonyl (C=O) groups is 1. The van der Waals surface area contributed by atoms with E-state index in [1.165, 1.54) is 6.20 Å². The maximum atomic E-state index is 11.9. The van der Waals surface area contributed by atoms with E-state index in [-0.39, 0.29) is 0 Å². The zero-order chi connectivity index (χ0) is 13.7. The summed E-state index contributed by atoms with van der Waals surface area (Å²) < 4.78 is 4.99. The van der Waals surface area contributed by atoms with Crippen molar-refractivity contribution >= 4 is 23.2 Å². The Labute approximate surface area is 111 Å². The molecule has 0 bridgehead atoms. The van der Waals surface area contributed by atoms with Crippen molar-refractivity contribution in [1.29, 1.82) is 0 Å². The second-order valence-electron chi connectivity index (χ2n) is 3.88. The minimum Gasteiger partial charge on any atom is -0.462 e. The SMILES string of the molecule is CCOC(=O)c1cc(N)cnc1Nc1ccccc1. The van der Waals surface area contributed by atoms with Gasteiger partial charge in [0, 0.05) is 5.69 Å². The van der Waals surface area contributed by atoms with Gasteiger partial charge in [-0.3, -0.25) is 0 Å². The fourth-order valence-electron chi connectivity index (χ4n) is 1.60. The zero-order valence-electron chi connectivity index (χ0n) is 10.6. The van der Waals surface area contributed by atoms with E-state index in [2.05, 4.69) is 10.3 Å².